The van der Waals surface area contributed by atoms with E-state index in [1.807, 2.05) is 0 Å². The van der Waals surface area contributed by atoms with Gasteiger partial charge in [-0.25, -0.2) is 8.42 Å². The second kappa shape index (κ2) is 2.65. The van der Waals surface area contributed by atoms with Crippen LogP contribution < -0.4 is 4.89 Å². The van der Waals surface area contributed by atoms with Crippen LogP contribution in [0, 0.1) is 0 Å². The molecule has 0 aliphatic carbocycles. The van der Waals surface area contributed by atoms with Crippen molar-refractivity contribution in [2.24, 2.45) is 7.05 Å². The number of rotatable bonds is 2. The van der Waals surface area contributed by atoms with Crippen LogP contribution in [-0.4, -0.2) is 18.2 Å². The summed E-state index contributed by atoms with van der Waals surface area (Å²) in [5.41, 5.74) is 0. The molecule has 1 rings (SSSR count). The Morgan fingerprint density at radius 3 is 2.64 bits per heavy atom. The maximum Gasteiger partial charge on any atom is 0.263 e. The van der Waals surface area contributed by atoms with E-state index < -0.39 is 10.0 Å². The van der Waals surface area contributed by atoms with Crippen LogP contribution in [0.4, 0.5) is 0 Å². The van der Waals surface area contributed by atoms with Crippen LogP contribution in [0.25, 0.3) is 0 Å². The Kier molecular flexibility index (Phi) is 1.99. The molecule has 0 aliphatic heterocycles. The largest absolute Gasteiger partial charge is 0.356 e. The van der Waals surface area contributed by atoms with Crippen LogP contribution in [0.3, 0.4) is 0 Å². The molecule has 5 nitrogen and oxygen atoms in total. The van der Waals surface area contributed by atoms with Crippen molar-refractivity contribution >= 4 is 10.0 Å². The predicted molar refractivity (Wildman–Crippen MR) is 37.5 cm³/mol. The first-order valence-electron chi connectivity index (χ1n) is 2.84. The van der Waals surface area contributed by atoms with Crippen molar-refractivity contribution in [3.8, 4) is 0 Å². The summed E-state index contributed by atoms with van der Waals surface area (Å²) in [4.78, 5) is 1.27. The molecule has 1 aromatic heterocycles. The molecule has 11 heavy (non-hydrogen) atoms. The van der Waals surface area contributed by atoms with E-state index in [0.717, 1.165) is 0 Å². The second-order valence-electron chi connectivity index (χ2n) is 2.11. The second-order valence-corrected chi connectivity index (χ2v) is 3.77. The van der Waals surface area contributed by atoms with Gasteiger partial charge in [-0.2, -0.15) is 0 Å². The Morgan fingerprint density at radius 2 is 2.27 bits per heavy atom. The highest BCUT2D eigenvalue weighted by molar-refractivity contribution is 7.89. The topological polar surface area (TPSA) is 71.3 Å². The molecule has 1 heterocycles. The number of sulfonamides is 1. The van der Waals surface area contributed by atoms with Crippen LogP contribution in [0.1, 0.15) is 0 Å². The molecule has 0 saturated heterocycles. The lowest BCUT2D eigenvalue weighted by Gasteiger charge is -1.94. The highest BCUT2D eigenvalue weighted by atomic mass is 32.2. The number of hydrogen-bond acceptors (Lipinski definition) is 3. The van der Waals surface area contributed by atoms with Gasteiger partial charge in [0, 0.05) is 19.4 Å². The lowest BCUT2D eigenvalue weighted by Crippen LogP contribution is -2.18. The number of hydrogen-bond donors (Lipinski definition) is 2. The van der Waals surface area contributed by atoms with Crippen LogP contribution in [0.15, 0.2) is 23.4 Å². The van der Waals surface area contributed by atoms with Crippen LogP contribution >= 0.6 is 0 Å². The maximum absolute atomic E-state index is 10.8. The van der Waals surface area contributed by atoms with E-state index in [1.54, 1.807) is 17.8 Å². The fourth-order valence-electron chi connectivity index (χ4n) is 0.689. The standard InChI is InChI=1S/C5H8N2O3S/c1-7-3-2-5(4-7)11(9,10)6-8/h2-4,6,8H,1H3. The van der Waals surface area contributed by atoms with Crippen molar-refractivity contribution in [2.75, 3.05) is 0 Å². The van der Waals surface area contributed by atoms with Crippen molar-refractivity contribution in [1.29, 1.82) is 0 Å². The zero-order valence-electron chi connectivity index (χ0n) is 5.85. The van der Waals surface area contributed by atoms with Gasteiger partial charge in [0.2, 0.25) is 0 Å². The van der Waals surface area contributed by atoms with Gasteiger partial charge in [-0.1, -0.05) is 4.89 Å². The molecule has 0 spiro atoms. The van der Waals surface area contributed by atoms with Gasteiger partial charge in [-0.05, 0) is 6.07 Å². The highest BCUT2D eigenvalue weighted by Gasteiger charge is 2.12. The van der Waals surface area contributed by atoms with E-state index in [9.17, 15) is 8.42 Å². The third-order valence-corrected chi connectivity index (χ3v) is 2.34. The average molecular weight is 176 g/mol. The number of aromatic nitrogens is 1. The van der Waals surface area contributed by atoms with Gasteiger partial charge < -0.3 is 9.77 Å². The van der Waals surface area contributed by atoms with E-state index in [-0.39, 0.29) is 4.90 Å². The number of aryl methyl sites for hydroxylation is 1. The van der Waals surface area contributed by atoms with Gasteiger partial charge in [0.05, 0.1) is 0 Å². The predicted octanol–water partition coefficient (Wildman–Crippen LogP) is -0.307. The Balaban J connectivity index is 3.13. The highest BCUT2D eigenvalue weighted by Crippen LogP contribution is 2.06. The van der Waals surface area contributed by atoms with E-state index in [0.29, 0.717) is 0 Å². The van der Waals surface area contributed by atoms with E-state index in [4.69, 9.17) is 5.21 Å². The molecule has 0 saturated carbocycles. The van der Waals surface area contributed by atoms with E-state index >= 15 is 0 Å². The molecular formula is C5H8N2O3S. The summed E-state index contributed by atoms with van der Waals surface area (Å²) in [6.07, 6.45) is 2.96. The quantitative estimate of drug-likeness (QED) is 0.607. The minimum absolute atomic E-state index is 0.0440. The van der Waals surface area contributed by atoms with Crippen molar-refractivity contribution in [2.45, 2.75) is 4.90 Å². The van der Waals surface area contributed by atoms with Crippen molar-refractivity contribution < 1.29 is 13.6 Å². The molecule has 0 radical (unpaired) electrons. The van der Waals surface area contributed by atoms with Crippen LogP contribution in [0.2, 0.25) is 0 Å². The molecule has 2 N–H and O–H groups in total. The van der Waals surface area contributed by atoms with Gasteiger partial charge in [-0.3, -0.25) is 0 Å². The van der Waals surface area contributed by atoms with Gasteiger partial charge in [0.1, 0.15) is 4.90 Å². The summed E-state index contributed by atoms with van der Waals surface area (Å²) < 4.78 is 23.3. The third kappa shape index (κ3) is 1.59. The molecule has 6 heteroatoms. The summed E-state index contributed by atoms with van der Waals surface area (Å²) in [6.45, 7) is 0. The molecule has 0 amide bonds. The lowest BCUT2D eigenvalue weighted by atomic mass is 10.7. The zero-order chi connectivity index (χ0) is 8.48. The first kappa shape index (κ1) is 8.25. The Hall–Kier alpha value is -0.850. The molecule has 0 aromatic carbocycles. The molecule has 0 unspecified atom stereocenters. The lowest BCUT2D eigenvalue weighted by molar-refractivity contribution is 0.242. The average Bonchev–Trinajstić information content (AvgIpc) is 2.36. The molecule has 0 atom stereocenters. The van der Waals surface area contributed by atoms with Crippen molar-refractivity contribution in [3.05, 3.63) is 18.5 Å². The van der Waals surface area contributed by atoms with E-state index in [2.05, 4.69) is 0 Å². The minimum Gasteiger partial charge on any atom is -0.356 e. The van der Waals surface area contributed by atoms with Gasteiger partial charge in [-0.15, -0.1) is 0 Å². The third-order valence-electron chi connectivity index (χ3n) is 1.24. The molecular weight excluding hydrogens is 168 g/mol. The van der Waals surface area contributed by atoms with Crippen LogP contribution in [-0.2, 0) is 17.1 Å². The molecule has 0 aliphatic rings. The van der Waals surface area contributed by atoms with Gasteiger partial charge in [0.25, 0.3) is 10.0 Å². The Bertz CT molecular complexity index is 340. The first-order chi connectivity index (χ1) is 5.06. The Morgan fingerprint density at radius 1 is 1.64 bits per heavy atom. The fourth-order valence-corrected chi connectivity index (χ4v) is 1.34. The van der Waals surface area contributed by atoms with Crippen LogP contribution in [0.5, 0.6) is 0 Å². The zero-order valence-corrected chi connectivity index (χ0v) is 6.67. The fraction of sp³-hybridized carbons (Fsp3) is 0.200. The summed E-state index contributed by atoms with van der Waals surface area (Å²) >= 11 is 0. The molecule has 0 fully saturated rings. The smallest absolute Gasteiger partial charge is 0.263 e. The summed E-state index contributed by atoms with van der Waals surface area (Å²) in [6, 6.07) is 1.39. The number of nitrogens with one attached hydrogen (secondary N) is 1. The Labute approximate surface area is 64.3 Å². The van der Waals surface area contributed by atoms with Crippen molar-refractivity contribution in [1.82, 2.24) is 9.45 Å². The van der Waals surface area contributed by atoms with Crippen molar-refractivity contribution in [3.63, 3.8) is 0 Å². The summed E-state index contributed by atoms with van der Waals surface area (Å²) in [5, 5.41) is 8.21. The first-order valence-corrected chi connectivity index (χ1v) is 4.32. The monoisotopic (exact) mass is 176 g/mol. The van der Waals surface area contributed by atoms with Gasteiger partial charge >= 0.3 is 0 Å². The summed E-state index contributed by atoms with van der Waals surface area (Å²) in [7, 11) is -2.00. The maximum atomic E-state index is 10.8. The number of nitrogens with zero attached hydrogens (tertiary/aromatic N) is 1. The minimum atomic E-state index is -3.69. The SMILES string of the molecule is Cn1ccc(S(=O)(=O)NO)c1. The normalized spacial score (nSPS) is 11.8. The van der Waals surface area contributed by atoms with E-state index in [1.165, 1.54) is 17.1 Å². The van der Waals surface area contributed by atoms with Gasteiger partial charge in [0.15, 0.2) is 0 Å². The molecule has 0 bridgehead atoms. The molecule has 1 aromatic rings. The summed E-state index contributed by atoms with van der Waals surface area (Å²) in [5.74, 6) is 0. The molecule has 62 valence electrons.